The van der Waals surface area contributed by atoms with Crippen LogP contribution in [0.4, 0.5) is 8.78 Å². The second-order valence-electron chi connectivity index (χ2n) is 12.7. The second-order valence-corrected chi connectivity index (χ2v) is 13.1. The second kappa shape index (κ2) is 11.3. The van der Waals surface area contributed by atoms with Crippen LogP contribution < -0.4 is 4.74 Å². The maximum absolute atomic E-state index is 14.4. The zero-order chi connectivity index (χ0) is 30.5. The van der Waals surface area contributed by atoms with E-state index in [4.69, 9.17) is 16.3 Å². The number of fused-ring (bicyclic) bond motifs is 1. The largest absolute Gasteiger partial charge is 0.488 e. The van der Waals surface area contributed by atoms with Crippen LogP contribution in [-0.4, -0.2) is 62.3 Å². The van der Waals surface area contributed by atoms with Crippen molar-refractivity contribution >= 4 is 29.4 Å². The van der Waals surface area contributed by atoms with Crippen LogP contribution in [0.5, 0.6) is 5.75 Å². The van der Waals surface area contributed by atoms with E-state index in [1.54, 1.807) is 28.9 Å². The number of carboxylic acids is 1. The molecule has 6 rings (SSSR count). The van der Waals surface area contributed by atoms with Crippen LogP contribution >= 0.6 is 11.6 Å². The minimum absolute atomic E-state index is 0.00130. The summed E-state index contributed by atoms with van der Waals surface area (Å²) in [7, 11) is 0. The Kier molecular flexibility index (Phi) is 7.81. The average Bonchev–Trinajstić information content (AvgIpc) is 3.67. The summed E-state index contributed by atoms with van der Waals surface area (Å²) in [5, 5.41) is 10.6. The molecule has 2 aliphatic heterocycles. The van der Waals surface area contributed by atoms with Crippen LogP contribution in [0.25, 0.3) is 0 Å². The van der Waals surface area contributed by atoms with Gasteiger partial charge in [-0.3, -0.25) is 14.4 Å². The molecule has 0 radical (unpaired) electrons. The Morgan fingerprint density at radius 3 is 2.72 bits per heavy atom. The number of rotatable bonds is 8. The number of amides is 2. The third-order valence-corrected chi connectivity index (χ3v) is 10.4. The maximum Gasteiger partial charge on any atom is 0.310 e. The highest BCUT2D eigenvalue weighted by Gasteiger charge is 2.54. The molecule has 1 spiro atoms. The van der Waals surface area contributed by atoms with E-state index < -0.39 is 35.5 Å². The molecule has 2 aromatic rings. The number of carbonyl (C=O) groups excluding carboxylic acids is 2. The molecule has 1 aromatic heterocycles. The Hall–Kier alpha value is -3.34. The van der Waals surface area contributed by atoms with Gasteiger partial charge in [0.05, 0.1) is 17.4 Å². The number of carboxylic acid groups (broad SMARTS) is 1. The van der Waals surface area contributed by atoms with E-state index in [-0.39, 0.29) is 35.9 Å². The van der Waals surface area contributed by atoms with E-state index in [1.165, 1.54) is 6.20 Å². The molecule has 2 amide bonds. The van der Waals surface area contributed by atoms with Gasteiger partial charge in [-0.2, -0.15) is 0 Å². The molecule has 3 fully saturated rings. The molecule has 4 aliphatic rings. The molecule has 0 unspecified atom stereocenters. The number of ether oxygens (including phenoxy) is 1. The first kappa shape index (κ1) is 29.7. The zero-order valence-electron chi connectivity index (χ0n) is 24.0. The van der Waals surface area contributed by atoms with E-state index in [0.29, 0.717) is 55.1 Å². The average molecular weight is 617 g/mol. The van der Waals surface area contributed by atoms with Crippen LogP contribution in [0.2, 0.25) is 5.02 Å². The van der Waals surface area contributed by atoms with Crippen molar-refractivity contribution in [3.63, 3.8) is 0 Å². The van der Waals surface area contributed by atoms with Gasteiger partial charge in [0.1, 0.15) is 24.4 Å². The van der Waals surface area contributed by atoms with Crippen LogP contribution in [0, 0.1) is 16.7 Å². The summed E-state index contributed by atoms with van der Waals surface area (Å²) in [4.78, 5) is 51.0. The Labute approximate surface area is 253 Å². The van der Waals surface area contributed by atoms with Crippen molar-refractivity contribution in [2.24, 2.45) is 16.7 Å². The number of likely N-dealkylation sites (tertiary alicyclic amines) is 1. The van der Waals surface area contributed by atoms with Crippen molar-refractivity contribution in [1.29, 1.82) is 0 Å². The summed E-state index contributed by atoms with van der Waals surface area (Å²) >= 11 is 6.69. The highest BCUT2D eigenvalue weighted by atomic mass is 35.5. The summed E-state index contributed by atoms with van der Waals surface area (Å²) in [5.74, 6) is -1.57. The van der Waals surface area contributed by atoms with Crippen LogP contribution in [-0.2, 0) is 27.4 Å². The monoisotopic (exact) mass is 616 g/mol. The van der Waals surface area contributed by atoms with Crippen LogP contribution in [0.15, 0.2) is 24.7 Å². The summed E-state index contributed by atoms with van der Waals surface area (Å²) < 4.78 is 33.4. The topological polar surface area (TPSA) is 113 Å². The molecule has 12 heteroatoms. The fraction of sp³-hybridized carbons (Fsp3) is 0.581. The lowest BCUT2D eigenvalue weighted by Gasteiger charge is -2.45. The Balaban J connectivity index is 1.38. The third-order valence-electron chi connectivity index (χ3n) is 10.0. The van der Waals surface area contributed by atoms with Gasteiger partial charge in [-0.05, 0) is 62.1 Å². The van der Waals surface area contributed by atoms with E-state index in [2.05, 4.69) is 9.97 Å². The van der Waals surface area contributed by atoms with Gasteiger partial charge in [0.25, 0.3) is 6.43 Å². The summed E-state index contributed by atoms with van der Waals surface area (Å²) in [6, 6.07) is 2.69. The number of benzene rings is 1. The standard InChI is InChI=1S/C31H35ClF2N4O5/c1-30(29(41)42)8-3-2-4-20(30)28(40)38-11-7-19-21(32)5-6-23(43-15-18-13-35-17-36-26(18)27(33)34)25(19)22(38)14-37-16-31(9-10-31)12-24(37)39/h5-6,13,17,20,22,27H,2-4,7-12,14-16H2,1H3,(H,41,42)/t20-,22+,30-/m0/s1. The summed E-state index contributed by atoms with van der Waals surface area (Å²) in [5.41, 5.74) is -0.0977. The first-order valence-corrected chi connectivity index (χ1v) is 15.2. The van der Waals surface area contributed by atoms with Crippen LogP contribution in [0.3, 0.4) is 0 Å². The number of hydrogen-bond acceptors (Lipinski definition) is 6. The molecule has 1 saturated heterocycles. The van der Waals surface area contributed by atoms with Crippen molar-refractivity contribution in [3.8, 4) is 5.75 Å². The SMILES string of the molecule is C[C@]1(C(=O)O)CCCC[C@H]1C(=O)N1CCc2c(Cl)ccc(OCc3cncnc3C(F)F)c2[C@H]1CN1CC2(CC2)CC1=O. The first-order valence-electron chi connectivity index (χ1n) is 14.9. The molecule has 9 nitrogen and oxygen atoms in total. The molecule has 2 saturated carbocycles. The Bertz CT molecular complexity index is 1450. The number of carbonyl (C=O) groups is 3. The highest BCUT2D eigenvalue weighted by molar-refractivity contribution is 6.31. The van der Waals surface area contributed by atoms with Crippen molar-refractivity contribution in [3.05, 3.63) is 52.1 Å². The molecule has 1 aromatic carbocycles. The van der Waals surface area contributed by atoms with Gasteiger partial charge in [0.15, 0.2) is 0 Å². The van der Waals surface area contributed by atoms with Gasteiger partial charge in [0, 0.05) is 48.4 Å². The smallest absolute Gasteiger partial charge is 0.310 e. The van der Waals surface area contributed by atoms with Crippen molar-refractivity contribution < 1.29 is 33.0 Å². The van der Waals surface area contributed by atoms with Crippen molar-refractivity contribution in [1.82, 2.24) is 19.8 Å². The minimum Gasteiger partial charge on any atom is -0.488 e. The van der Waals surface area contributed by atoms with Gasteiger partial charge in [-0.25, -0.2) is 18.7 Å². The number of alkyl halides is 2. The quantitative estimate of drug-likeness (QED) is 0.424. The normalized spacial score (nSPS) is 26.1. The maximum atomic E-state index is 14.4. The fourth-order valence-corrected chi connectivity index (χ4v) is 7.50. The first-order chi connectivity index (χ1) is 20.5. The zero-order valence-corrected chi connectivity index (χ0v) is 24.8. The van der Waals surface area contributed by atoms with E-state index >= 15 is 0 Å². The van der Waals surface area contributed by atoms with Gasteiger partial charge >= 0.3 is 5.97 Å². The molecule has 0 bridgehead atoms. The summed E-state index contributed by atoms with van der Waals surface area (Å²) in [6.45, 7) is 2.54. The number of aliphatic carboxylic acids is 1. The number of hydrogen-bond donors (Lipinski definition) is 1. The molecule has 3 heterocycles. The van der Waals surface area contributed by atoms with Gasteiger partial charge in [-0.15, -0.1) is 0 Å². The minimum atomic E-state index is -2.81. The van der Waals surface area contributed by atoms with Crippen LogP contribution in [0.1, 0.15) is 86.7 Å². The van der Waals surface area contributed by atoms with Crippen molar-refractivity contribution in [2.45, 2.75) is 77.4 Å². The Morgan fingerprint density at radius 2 is 2.02 bits per heavy atom. The summed E-state index contributed by atoms with van der Waals surface area (Å²) in [6.07, 6.45) is 4.77. The fourth-order valence-electron chi connectivity index (χ4n) is 7.24. The number of aromatic nitrogens is 2. The van der Waals surface area contributed by atoms with Crippen molar-refractivity contribution in [2.75, 3.05) is 19.6 Å². The molecule has 1 N–H and O–H groups in total. The molecular formula is C31H35ClF2N4O5. The van der Waals surface area contributed by atoms with Gasteiger partial charge in [-0.1, -0.05) is 24.4 Å². The van der Waals surface area contributed by atoms with E-state index in [0.717, 1.165) is 37.6 Å². The van der Waals surface area contributed by atoms with E-state index in [1.807, 2.05) is 0 Å². The lowest BCUT2D eigenvalue weighted by molar-refractivity contribution is -0.162. The van der Waals surface area contributed by atoms with Gasteiger partial charge < -0.3 is 19.6 Å². The number of nitrogens with zero attached hydrogens (tertiary/aromatic N) is 4. The highest BCUT2D eigenvalue weighted by Crippen LogP contribution is 2.54. The molecule has 3 atom stereocenters. The molecule has 230 valence electrons. The molecule has 2 aliphatic carbocycles. The Morgan fingerprint density at radius 1 is 1.23 bits per heavy atom. The third kappa shape index (κ3) is 5.45. The van der Waals surface area contributed by atoms with E-state index in [9.17, 15) is 28.3 Å². The predicted octanol–water partition coefficient (Wildman–Crippen LogP) is 5.37. The number of halogens is 3. The lowest BCUT2D eigenvalue weighted by Crippen LogP contribution is -2.52. The molecule has 43 heavy (non-hydrogen) atoms. The van der Waals surface area contributed by atoms with Gasteiger partial charge in [0.2, 0.25) is 11.8 Å². The predicted molar refractivity (Wildman–Crippen MR) is 151 cm³/mol. The molecular weight excluding hydrogens is 582 g/mol. The lowest BCUT2D eigenvalue weighted by atomic mass is 9.66.